The van der Waals surface area contributed by atoms with Crippen LogP contribution >= 0.6 is 0 Å². The number of ether oxygens (including phenoxy) is 1. The van der Waals surface area contributed by atoms with Gasteiger partial charge in [0.25, 0.3) is 0 Å². The van der Waals surface area contributed by atoms with Gasteiger partial charge in [-0.05, 0) is 6.92 Å². The first-order valence-electron chi connectivity index (χ1n) is 5.26. The summed E-state index contributed by atoms with van der Waals surface area (Å²) in [5.41, 5.74) is 1.55. The summed E-state index contributed by atoms with van der Waals surface area (Å²) in [6.45, 7) is 4.19. The molecule has 0 aliphatic carbocycles. The Hall–Kier alpha value is -1.69. The summed E-state index contributed by atoms with van der Waals surface area (Å²) in [7, 11) is 1.97. The first-order valence-corrected chi connectivity index (χ1v) is 5.26. The van der Waals surface area contributed by atoms with Gasteiger partial charge in [-0.25, -0.2) is 15.0 Å². The average molecular weight is 221 g/mol. The summed E-state index contributed by atoms with van der Waals surface area (Å²) in [6.07, 6.45) is 3.15. The highest BCUT2D eigenvalue weighted by Crippen LogP contribution is 2.17. The Balaban J connectivity index is 2.15. The summed E-state index contributed by atoms with van der Waals surface area (Å²) in [5, 5.41) is 0. The molecule has 0 radical (unpaired) electrons. The number of nitrogens with zero attached hydrogens (tertiary/aromatic N) is 4. The zero-order chi connectivity index (χ0) is 11.4. The predicted molar refractivity (Wildman–Crippen MR) is 61.4 cm³/mol. The molecule has 2 heterocycles. The third kappa shape index (κ3) is 2.11. The Morgan fingerprint density at radius 1 is 1.38 bits per heavy atom. The Bertz CT molecular complexity index is 455. The second-order valence-corrected chi connectivity index (χ2v) is 3.42. The van der Waals surface area contributed by atoms with Crippen LogP contribution in [0, 0.1) is 0 Å². The number of fused-ring (bicyclic) bond motifs is 1. The molecule has 16 heavy (non-hydrogen) atoms. The number of imidazole rings is 1. The molecule has 2 aromatic rings. The molecule has 0 aliphatic heterocycles. The highest BCUT2D eigenvalue weighted by molar-refractivity contribution is 5.82. The lowest BCUT2D eigenvalue weighted by atomic mass is 10.4. The zero-order valence-electron chi connectivity index (χ0n) is 9.47. The van der Waals surface area contributed by atoms with E-state index in [0.717, 1.165) is 24.5 Å². The van der Waals surface area contributed by atoms with Crippen LogP contribution in [0.3, 0.4) is 0 Å². The number of hydrogen-bond acceptors (Lipinski definition) is 5. The SMILES string of the molecule is CCOCCN(C)c1ncnc2nc[nH]c12. The van der Waals surface area contributed by atoms with Crippen molar-refractivity contribution in [1.82, 2.24) is 19.9 Å². The predicted octanol–water partition coefficient (Wildman–Crippen LogP) is 0.826. The summed E-state index contributed by atoms with van der Waals surface area (Å²) in [5.74, 6) is 0.849. The Labute approximate surface area is 93.7 Å². The number of nitrogens with one attached hydrogen (secondary N) is 1. The fourth-order valence-electron chi connectivity index (χ4n) is 1.49. The van der Waals surface area contributed by atoms with E-state index in [4.69, 9.17) is 4.74 Å². The summed E-state index contributed by atoms with van der Waals surface area (Å²) in [6, 6.07) is 0. The molecule has 0 amide bonds. The average Bonchev–Trinajstić information content (AvgIpc) is 2.76. The molecule has 0 spiro atoms. The fraction of sp³-hybridized carbons (Fsp3) is 0.500. The quantitative estimate of drug-likeness (QED) is 0.757. The van der Waals surface area contributed by atoms with E-state index in [-0.39, 0.29) is 0 Å². The highest BCUT2D eigenvalue weighted by atomic mass is 16.5. The number of anilines is 1. The normalized spacial score (nSPS) is 10.9. The molecule has 0 atom stereocenters. The van der Waals surface area contributed by atoms with Gasteiger partial charge >= 0.3 is 0 Å². The first-order chi connectivity index (χ1) is 7.83. The molecule has 0 fully saturated rings. The van der Waals surface area contributed by atoms with Gasteiger partial charge in [-0.15, -0.1) is 0 Å². The fourth-order valence-corrected chi connectivity index (χ4v) is 1.49. The van der Waals surface area contributed by atoms with Crippen molar-refractivity contribution in [2.24, 2.45) is 0 Å². The first kappa shape index (κ1) is 10.8. The van der Waals surface area contributed by atoms with Gasteiger partial charge in [0.1, 0.15) is 11.8 Å². The third-order valence-electron chi connectivity index (χ3n) is 2.34. The van der Waals surface area contributed by atoms with Gasteiger partial charge < -0.3 is 14.6 Å². The highest BCUT2D eigenvalue weighted by Gasteiger charge is 2.09. The molecule has 1 N–H and O–H groups in total. The van der Waals surface area contributed by atoms with Crippen LogP contribution in [0.5, 0.6) is 0 Å². The second kappa shape index (κ2) is 4.89. The minimum atomic E-state index is 0.687. The minimum absolute atomic E-state index is 0.687. The maximum Gasteiger partial charge on any atom is 0.182 e. The molecule has 0 unspecified atom stereocenters. The van der Waals surface area contributed by atoms with Gasteiger partial charge in [-0.3, -0.25) is 0 Å². The van der Waals surface area contributed by atoms with Gasteiger partial charge in [-0.1, -0.05) is 0 Å². The van der Waals surface area contributed by atoms with E-state index in [1.54, 1.807) is 6.33 Å². The van der Waals surface area contributed by atoms with Crippen LogP contribution in [0.15, 0.2) is 12.7 Å². The molecule has 86 valence electrons. The van der Waals surface area contributed by atoms with E-state index >= 15 is 0 Å². The molecule has 6 nitrogen and oxygen atoms in total. The molecule has 2 aromatic heterocycles. The van der Waals surface area contributed by atoms with E-state index in [1.165, 1.54) is 6.33 Å². The summed E-state index contributed by atoms with van der Waals surface area (Å²) >= 11 is 0. The van der Waals surface area contributed by atoms with Crippen LogP contribution < -0.4 is 4.90 Å². The van der Waals surface area contributed by atoms with E-state index in [0.29, 0.717) is 12.3 Å². The summed E-state index contributed by atoms with van der Waals surface area (Å²) in [4.78, 5) is 17.5. The topological polar surface area (TPSA) is 66.9 Å². The van der Waals surface area contributed by atoms with Crippen molar-refractivity contribution in [2.45, 2.75) is 6.92 Å². The largest absolute Gasteiger partial charge is 0.380 e. The van der Waals surface area contributed by atoms with Crippen molar-refractivity contribution in [2.75, 3.05) is 31.7 Å². The molecule has 0 saturated heterocycles. The van der Waals surface area contributed by atoms with Crippen molar-refractivity contribution in [3.8, 4) is 0 Å². The van der Waals surface area contributed by atoms with Crippen molar-refractivity contribution in [1.29, 1.82) is 0 Å². The van der Waals surface area contributed by atoms with E-state index in [9.17, 15) is 0 Å². The van der Waals surface area contributed by atoms with Crippen LogP contribution in [0.4, 0.5) is 5.82 Å². The second-order valence-electron chi connectivity index (χ2n) is 3.42. The number of H-pyrrole nitrogens is 1. The van der Waals surface area contributed by atoms with Crippen molar-refractivity contribution in [3.63, 3.8) is 0 Å². The van der Waals surface area contributed by atoms with Crippen LogP contribution in [0.2, 0.25) is 0 Å². The monoisotopic (exact) mass is 221 g/mol. The van der Waals surface area contributed by atoms with Crippen LogP contribution in [0.1, 0.15) is 6.92 Å². The van der Waals surface area contributed by atoms with Crippen molar-refractivity contribution < 1.29 is 4.74 Å². The summed E-state index contributed by atoms with van der Waals surface area (Å²) < 4.78 is 5.31. The maximum absolute atomic E-state index is 5.31. The molecule has 0 aromatic carbocycles. The van der Waals surface area contributed by atoms with Gasteiger partial charge in [0.05, 0.1) is 12.9 Å². The number of likely N-dealkylation sites (N-methyl/N-ethyl adjacent to an activating group) is 1. The molecule has 2 rings (SSSR count). The zero-order valence-corrected chi connectivity index (χ0v) is 9.47. The molecule has 0 aliphatic rings. The van der Waals surface area contributed by atoms with Crippen molar-refractivity contribution >= 4 is 17.0 Å². The van der Waals surface area contributed by atoms with Gasteiger partial charge in [0, 0.05) is 20.2 Å². The Morgan fingerprint density at radius 2 is 2.25 bits per heavy atom. The molecule has 6 heteroatoms. The lowest BCUT2D eigenvalue weighted by molar-refractivity contribution is 0.154. The lowest BCUT2D eigenvalue weighted by Crippen LogP contribution is -2.23. The molecular weight excluding hydrogens is 206 g/mol. The number of hydrogen-bond donors (Lipinski definition) is 1. The van der Waals surface area contributed by atoms with Gasteiger partial charge in [0.2, 0.25) is 0 Å². The van der Waals surface area contributed by atoms with Crippen LogP contribution in [0.25, 0.3) is 11.2 Å². The van der Waals surface area contributed by atoms with E-state index in [1.807, 2.05) is 18.9 Å². The third-order valence-corrected chi connectivity index (χ3v) is 2.34. The number of aromatic nitrogens is 4. The molecule has 0 saturated carbocycles. The molecular formula is C10H15N5O. The molecule has 0 bridgehead atoms. The smallest absolute Gasteiger partial charge is 0.182 e. The van der Waals surface area contributed by atoms with Gasteiger partial charge in [0.15, 0.2) is 11.5 Å². The van der Waals surface area contributed by atoms with E-state index in [2.05, 4.69) is 19.9 Å². The minimum Gasteiger partial charge on any atom is -0.380 e. The lowest BCUT2D eigenvalue weighted by Gasteiger charge is -2.17. The maximum atomic E-state index is 5.31. The standard InChI is InChI=1S/C10H15N5O/c1-3-16-5-4-15(2)10-8-9(12-6-11-8)13-7-14-10/h6-7H,3-5H2,1-2H3,(H,11,12,13,14). The van der Waals surface area contributed by atoms with Gasteiger partial charge in [-0.2, -0.15) is 0 Å². The number of rotatable bonds is 5. The van der Waals surface area contributed by atoms with Crippen molar-refractivity contribution in [3.05, 3.63) is 12.7 Å². The van der Waals surface area contributed by atoms with Crippen LogP contribution in [-0.2, 0) is 4.74 Å². The van der Waals surface area contributed by atoms with E-state index < -0.39 is 0 Å². The van der Waals surface area contributed by atoms with Crippen LogP contribution in [-0.4, -0.2) is 46.7 Å². The Kier molecular flexibility index (Phi) is 3.31. The number of aromatic amines is 1. The Morgan fingerprint density at radius 3 is 3.06 bits per heavy atom.